The third-order valence-electron chi connectivity index (χ3n) is 1.62. The number of carboxylic acid groups (broad SMARTS) is 1. The Morgan fingerprint density at radius 3 is 2.57 bits per heavy atom. The van der Waals surface area contributed by atoms with E-state index in [-0.39, 0.29) is 11.3 Å². The predicted octanol–water partition coefficient (Wildman–Crippen LogP) is 2.12. The third kappa shape index (κ3) is 2.08. The minimum Gasteiger partial charge on any atom is -0.480 e. The third-order valence-corrected chi connectivity index (χ3v) is 2.51. The molecule has 0 saturated carbocycles. The highest BCUT2D eigenvalue weighted by molar-refractivity contribution is 9.09. The first kappa shape index (κ1) is 10.6. The van der Waals surface area contributed by atoms with Gasteiger partial charge in [0.2, 0.25) is 0 Å². The molecule has 74 valence electrons. The van der Waals surface area contributed by atoms with Gasteiger partial charge in [-0.15, -0.1) is 0 Å². The number of carboxylic acids is 1. The van der Waals surface area contributed by atoms with Crippen LogP contribution in [-0.2, 0) is 4.79 Å². The number of carbonyl (C=O) groups is 1. The molecule has 0 fully saturated rings. The number of para-hydroxylation sites is 1. The molecule has 1 N–H and O–H groups in total. The highest BCUT2D eigenvalue weighted by Crippen LogP contribution is 2.30. The number of rotatable bonds is 3. The summed E-state index contributed by atoms with van der Waals surface area (Å²) >= 11 is 2.87. The average Bonchev–Trinajstić information content (AvgIpc) is 2.16. The molecular weight excluding hydrogens is 254 g/mol. The molecule has 1 aromatic carbocycles. The van der Waals surface area contributed by atoms with Crippen LogP contribution >= 0.6 is 15.9 Å². The molecule has 1 rings (SSSR count). The largest absolute Gasteiger partial charge is 0.480 e. The Labute approximate surface area is 87.6 Å². The normalized spacial score (nSPS) is 12.1. The molecular formula is C8H6BrNO4. The van der Waals surface area contributed by atoms with Gasteiger partial charge in [0.15, 0.2) is 0 Å². The van der Waals surface area contributed by atoms with E-state index in [1.165, 1.54) is 18.2 Å². The van der Waals surface area contributed by atoms with E-state index in [0.717, 1.165) is 0 Å². The molecule has 0 radical (unpaired) electrons. The quantitative estimate of drug-likeness (QED) is 0.512. The second-order valence-corrected chi connectivity index (χ2v) is 3.43. The molecule has 6 heteroatoms. The summed E-state index contributed by atoms with van der Waals surface area (Å²) in [6.45, 7) is 0. The van der Waals surface area contributed by atoms with Crippen molar-refractivity contribution in [2.75, 3.05) is 0 Å². The SMILES string of the molecule is O=C(O)C(Br)c1ccccc1[N+](=O)[O-]. The van der Waals surface area contributed by atoms with E-state index in [1.807, 2.05) is 0 Å². The summed E-state index contributed by atoms with van der Waals surface area (Å²) in [5, 5.41) is 19.2. The van der Waals surface area contributed by atoms with Crippen molar-refractivity contribution in [1.29, 1.82) is 0 Å². The van der Waals surface area contributed by atoms with E-state index in [0.29, 0.717) is 0 Å². The predicted molar refractivity (Wildman–Crippen MR) is 52.4 cm³/mol. The second-order valence-electron chi connectivity index (χ2n) is 2.52. The minimum absolute atomic E-state index is 0.144. The van der Waals surface area contributed by atoms with Crippen LogP contribution in [0.2, 0.25) is 0 Å². The summed E-state index contributed by atoms with van der Waals surface area (Å²) < 4.78 is 0. The van der Waals surface area contributed by atoms with Gasteiger partial charge in [0.25, 0.3) is 5.69 Å². The van der Waals surface area contributed by atoms with Gasteiger partial charge in [-0.1, -0.05) is 34.1 Å². The van der Waals surface area contributed by atoms with E-state index < -0.39 is 15.7 Å². The van der Waals surface area contributed by atoms with Crippen LogP contribution in [0.1, 0.15) is 10.4 Å². The zero-order valence-electron chi connectivity index (χ0n) is 6.88. The van der Waals surface area contributed by atoms with Gasteiger partial charge in [0.05, 0.1) is 10.5 Å². The zero-order valence-corrected chi connectivity index (χ0v) is 8.47. The molecule has 1 atom stereocenters. The number of halogens is 1. The summed E-state index contributed by atoms with van der Waals surface area (Å²) in [7, 11) is 0. The van der Waals surface area contributed by atoms with Crippen LogP contribution in [-0.4, -0.2) is 16.0 Å². The van der Waals surface area contributed by atoms with Crippen molar-refractivity contribution in [3.05, 3.63) is 39.9 Å². The molecule has 0 aromatic heterocycles. The number of nitro groups is 1. The molecule has 0 aliphatic carbocycles. The average molecular weight is 260 g/mol. The smallest absolute Gasteiger partial charge is 0.322 e. The van der Waals surface area contributed by atoms with Gasteiger partial charge >= 0.3 is 5.97 Å². The van der Waals surface area contributed by atoms with Gasteiger partial charge in [-0.2, -0.15) is 0 Å². The van der Waals surface area contributed by atoms with Crippen LogP contribution in [0.25, 0.3) is 0 Å². The summed E-state index contributed by atoms with van der Waals surface area (Å²) in [5.74, 6) is -1.15. The fraction of sp³-hybridized carbons (Fsp3) is 0.125. The Morgan fingerprint density at radius 2 is 2.07 bits per heavy atom. The Bertz CT molecular complexity index is 379. The van der Waals surface area contributed by atoms with Crippen LogP contribution in [0.3, 0.4) is 0 Å². The van der Waals surface area contributed by atoms with Crippen molar-refractivity contribution in [1.82, 2.24) is 0 Å². The number of hydrogen-bond acceptors (Lipinski definition) is 3. The molecule has 0 heterocycles. The lowest BCUT2D eigenvalue weighted by Crippen LogP contribution is -2.06. The van der Waals surface area contributed by atoms with Gasteiger partial charge in [-0.05, 0) is 0 Å². The van der Waals surface area contributed by atoms with Crippen molar-refractivity contribution in [2.45, 2.75) is 4.83 Å². The standard InChI is InChI=1S/C8H6BrNO4/c9-7(8(11)12)5-3-1-2-4-6(5)10(13)14/h1-4,7H,(H,11,12). The molecule has 0 spiro atoms. The van der Waals surface area contributed by atoms with Crippen molar-refractivity contribution in [3.8, 4) is 0 Å². The number of nitrogens with zero attached hydrogens (tertiary/aromatic N) is 1. The van der Waals surface area contributed by atoms with Gasteiger partial charge in [-0.3, -0.25) is 14.9 Å². The highest BCUT2D eigenvalue weighted by Gasteiger charge is 2.24. The first-order valence-corrected chi connectivity index (χ1v) is 4.56. The van der Waals surface area contributed by atoms with Crippen LogP contribution in [0, 0.1) is 10.1 Å². The first-order valence-electron chi connectivity index (χ1n) is 3.64. The van der Waals surface area contributed by atoms with Gasteiger partial charge in [0, 0.05) is 6.07 Å². The lowest BCUT2D eigenvalue weighted by atomic mass is 10.1. The number of hydrogen-bond donors (Lipinski definition) is 1. The molecule has 14 heavy (non-hydrogen) atoms. The summed E-state index contributed by atoms with van der Waals surface area (Å²) in [6.07, 6.45) is 0. The number of aliphatic carboxylic acids is 1. The van der Waals surface area contributed by atoms with E-state index in [4.69, 9.17) is 5.11 Å². The van der Waals surface area contributed by atoms with Crippen molar-refractivity contribution in [3.63, 3.8) is 0 Å². The number of alkyl halides is 1. The lowest BCUT2D eigenvalue weighted by Gasteiger charge is -2.04. The van der Waals surface area contributed by atoms with Gasteiger partial charge in [0.1, 0.15) is 4.83 Å². The molecule has 1 aromatic rings. The number of nitro benzene ring substituents is 1. The fourth-order valence-electron chi connectivity index (χ4n) is 1.00. The van der Waals surface area contributed by atoms with Crippen molar-refractivity contribution >= 4 is 27.6 Å². The molecule has 5 nitrogen and oxygen atoms in total. The lowest BCUT2D eigenvalue weighted by molar-refractivity contribution is -0.385. The van der Waals surface area contributed by atoms with E-state index in [9.17, 15) is 14.9 Å². The molecule has 0 amide bonds. The summed E-state index contributed by atoms with van der Waals surface area (Å²) in [6, 6.07) is 5.72. The maximum atomic E-state index is 10.6. The van der Waals surface area contributed by atoms with Crippen LogP contribution in [0.4, 0.5) is 5.69 Å². The van der Waals surface area contributed by atoms with Crippen molar-refractivity contribution in [2.24, 2.45) is 0 Å². The Morgan fingerprint density at radius 1 is 1.50 bits per heavy atom. The Balaban J connectivity index is 3.19. The molecule has 0 saturated heterocycles. The highest BCUT2D eigenvalue weighted by atomic mass is 79.9. The van der Waals surface area contributed by atoms with E-state index >= 15 is 0 Å². The monoisotopic (exact) mass is 259 g/mol. The maximum absolute atomic E-state index is 10.6. The minimum atomic E-state index is -1.15. The van der Waals surface area contributed by atoms with Gasteiger partial charge in [-0.25, -0.2) is 0 Å². The number of benzene rings is 1. The summed E-state index contributed by atoms with van der Waals surface area (Å²) in [4.78, 5) is 19.5. The Kier molecular flexibility index (Phi) is 3.19. The first-order chi connectivity index (χ1) is 6.54. The summed E-state index contributed by atoms with van der Waals surface area (Å²) in [5.41, 5.74) is -0.0539. The molecule has 0 aliphatic heterocycles. The Hall–Kier alpha value is -1.43. The van der Waals surface area contributed by atoms with Gasteiger partial charge < -0.3 is 5.11 Å². The van der Waals surface area contributed by atoms with Crippen molar-refractivity contribution < 1.29 is 14.8 Å². The topological polar surface area (TPSA) is 80.4 Å². The zero-order chi connectivity index (χ0) is 10.7. The molecule has 1 unspecified atom stereocenters. The molecule has 0 aliphatic rings. The van der Waals surface area contributed by atoms with Crippen LogP contribution in [0.5, 0.6) is 0 Å². The second kappa shape index (κ2) is 4.19. The van der Waals surface area contributed by atoms with Crippen LogP contribution in [0.15, 0.2) is 24.3 Å². The maximum Gasteiger partial charge on any atom is 0.322 e. The van der Waals surface area contributed by atoms with E-state index in [1.54, 1.807) is 6.07 Å². The van der Waals surface area contributed by atoms with E-state index in [2.05, 4.69) is 15.9 Å². The molecule has 0 bridgehead atoms. The van der Waals surface area contributed by atoms with Crippen LogP contribution < -0.4 is 0 Å². The fourth-order valence-corrected chi connectivity index (χ4v) is 1.39.